The summed E-state index contributed by atoms with van der Waals surface area (Å²) in [6.07, 6.45) is 13.3. The Balaban J connectivity index is 1.55. The van der Waals surface area contributed by atoms with Gasteiger partial charge in [-0.3, -0.25) is 0 Å². The first-order chi connectivity index (χ1) is 11.9. The van der Waals surface area contributed by atoms with Crippen molar-refractivity contribution in [3.8, 4) is 0 Å². The molecular weight excluding hydrogens is 310 g/mol. The predicted octanol–water partition coefficient (Wildman–Crippen LogP) is 3.73. The largest absolute Gasteiger partial charge is 0.395 e. The smallest absolute Gasteiger partial charge is 0.0827 e. The Morgan fingerprint density at radius 3 is 2.52 bits per heavy atom. The highest BCUT2D eigenvalue weighted by atomic mass is 16.3. The van der Waals surface area contributed by atoms with Crippen molar-refractivity contribution in [1.29, 1.82) is 0 Å². The van der Waals surface area contributed by atoms with Gasteiger partial charge in [-0.15, -0.1) is 0 Å². The number of hydrogen-bond donors (Lipinski definition) is 3. The molecule has 0 spiro atoms. The molecule has 0 aromatic heterocycles. The second-order valence-electron chi connectivity index (χ2n) is 10.3. The van der Waals surface area contributed by atoms with Crippen molar-refractivity contribution in [1.82, 2.24) is 5.32 Å². The number of hydrogen-bond acceptors (Lipinski definition) is 3. The van der Waals surface area contributed by atoms with Crippen LogP contribution in [0.4, 0.5) is 0 Å². The minimum absolute atomic E-state index is 0.0640. The Kier molecular flexibility index (Phi) is 4.74. The van der Waals surface area contributed by atoms with Crippen molar-refractivity contribution in [2.75, 3.05) is 19.7 Å². The molecule has 144 valence electrons. The fraction of sp³-hybridized carbons (Fsp3) is 1.00. The van der Waals surface area contributed by atoms with Crippen LogP contribution in [0.5, 0.6) is 0 Å². The highest BCUT2D eigenvalue weighted by Gasteiger charge is 2.64. The molecule has 4 fully saturated rings. The lowest BCUT2D eigenvalue weighted by atomic mass is 9.44. The van der Waals surface area contributed by atoms with Crippen molar-refractivity contribution in [2.24, 2.45) is 34.5 Å². The van der Waals surface area contributed by atoms with Gasteiger partial charge in [0.25, 0.3) is 0 Å². The van der Waals surface area contributed by atoms with E-state index >= 15 is 0 Å². The molecule has 0 saturated heterocycles. The summed E-state index contributed by atoms with van der Waals surface area (Å²) < 4.78 is 0. The Hall–Kier alpha value is -0.120. The van der Waals surface area contributed by atoms with Gasteiger partial charge in [-0.2, -0.15) is 0 Å². The van der Waals surface area contributed by atoms with E-state index in [-0.39, 0.29) is 12.0 Å². The normalized spacial score (nSPS) is 52.3. The molecule has 0 aromatic carbocycles. The molecule has 4 aliphatic rings. The Morgan fingerprint density at radius 1 is 0.920 bits per heavy atom. The summed E-state index contributed by atoms with van der Waals surface area (Å²) in [5.41, 5.74) is 0.0644. The maximum Gasteiger partial charge on any atom is 0.0827 e. The number of fused-ring (bicyclic) bond motifs is 5. The van der Waals surface area contributed by atoms with Gasteiger partial charge in [0, 0.05) is 18.5 Å². The third-order valence-corrected chi connectivity index (χ3v) is 9.61. The van der Waals surface area contributed by atoms with E-state index in [4.69, 9.17) is 5.11 Å². The molecule has 3 nitrogen and oxygen atoms in total. The first kappa shape index (κ1) is 18.3. The molecule has 7 atom stereocenters. The topological polar surface area (TPSA) is 52.5 Å². The van der Waals surface area contributed by atoms with Gasteiger partial charge in [-0.05, 0) is 80.5 Å². The summed E-state index contributed by atoms with van der Waals surface area (Å²) in [4.78, 5) is 0. The predicted molar refractivity (Wildman–Crippen MR) is 101 cm³/mol. The average Bonchev–Trinajstić information content (AvgIpc) is 2.86. The summed E-state index contributed by atoms with van der Waals surface area (Å²) in [7, 11) is 0. The lowest BCUT2D eigenvalue weighted by molar-refractivity contribution is -0.150. The molecular formula is C22H39NO2. The van der Waals surface area contributed by atoms with E-state index in [2.05, 4.69) is 19.2 Å². The zero-order valence-electron chi connectivity index (χ0n) is 16.4. The van der Waals surface area contributed by atoms with Crippen molar-refractivity contribution >= 4 is 0 Å². The van der Waals surface area contributed by atoms with E-state index in [1.165, 1.54) is 57.8 Å². The maximum absolute atomic E-state index is 11.5. The fourth-order valence-corrected chi connectivity index (χ4v) is 8.07. The second-order valence-corrected chi connectivity index (χ2v) is 10.3. The summed E-state index contributed by atoms with van der Waals surface area (Å²) in [5.74, 6) is 3.41. The monoisotopic (exact) mass is 349 g/mol. The SMILES string of the molecule is C[C@]12CCCC[C@@H]1CC[C@@H]1[C@H]2CC[C@@]2(C)[C@H]1CC[C@@]2(O)CNCCO. The Bertz CT molecular complexity index is 496. The zero-order valence-corrected chi connectivity index (χ0v) is 16.4. The van der Waals surface area contributed by atoms with Crippen LogP contribution in [-0.2, 0) is 0 Å². The number of aliphatic hydroxyl groups is 2. The lowest BCUT2D eigenvalue weighted by Crippen LogP contribution is -2.58. The quantitative estimate of drug-likeness (QED) is 0.678. The van der Waals surface area contributed by atoms with Crippen LogP contribution in [0.3, 0.4) is 0 Å². The van der Waals surface area contributed by atoms with E-state index in [0.29, 0.717) is 24.4 Å². The van der Waals surface area contributed by atoms with Crippen molar-refractivity contribution in [2.45, 2.75) is 83.7 Å². The molecule has 4 rings (SSSR count). The molecule has 4 saturated carbocycles. The number of rotatable bonds is 4. The third-order valence-electron chi connectivity index (χ3n) is 9.61. The Morgan fingerprint density at radius 2 is 1.72 bits per heavy atom. The molecule has 0 bridgehead atoms. The lowest BCUT2D eigenvalue weighted by Gasteiger charge is -2.61. The summed E-state index contributed by atoms with van der Waals surface area (Å²) in [5, 5.41) is 23.9. The summed E-state index contributed by atoms with van der Waals surface area (Å²) in [6.45, 7) is 6.41. The van der Waals surface area contributed by atoms with E-state index in [1.807, 2.05) is 0 Å². The highest BCUT2D eigenvalue weighted by Crippen LogP contribution is 2.68. The first-order valence-electron chi connectivity index (χ1n) is 11.0. The zero-order chi connectivity index (χ0) is 17.7. The van der Waals surface area contributed by atoms with Crippen LogP contribution in [0.15, 0.2) is 0 Å². The van der Waals surface area contributed by atoms with Crippen LogP contribution in [-0.4, -0.2) is 35.5 Å². The van der Waals surface area contributed by atoms with Crippen LogP contribution in [0.1, 0.15) is 78.1 Å². The van der Waals surface area contributed by atoms with Gasteiger partial charge in [0.15, 0.2) is 0 Å². The van der Waals surface area contributed by atoms with Gasteiger partial charge < -0.3 is 15.5 Å². The highest BCUT2D eigenvalue weighted by molar-refractivity contribution is 5.14. The molecule has 25 heavy (non-hydrogen) atoms. The van der Waals surface area contributed by atoms with E-state index in [0.717, 1.165) is 24.2 Å². The third kappa shape index (κ3) is 2.63. The van der Waals surface area contributed by atoms with Crippen LogP contribution in [0.2, 0.25) is 0 Å². The molecule has 0 unspecified atom stereocenters. The number of nitrogens with one attached hydrogen (secondary N) is 1. The molecule has 0 radical (unpaired) electrons. The molecule has 0 amide bonds. The van der Waals surface area contributed by atoms with Crippen molar-refractivity contribution in [3.05, 3.63) is 0 Å². The molecule has 0 heterocycles. The molecule has 4 aliphatic carbocycles. The Labute approximate surface area is 154 Å². The first-order valence-corrected chi connectivity index (χ1v) is 11.0. The van der Waals surface area contributed by atoms with E-state index in [9.17, 15) is 5.11 Å². The van der Waals surface area contributed by atoms with Crippen molar-refractivity contribution in [3.63, 3.8) is 0 Å². The van der Waals surface area contributed by atoms with Crippen molar-refractivity contribution < 1.29 is 10.2 Å². The van der Waals surface area contributed by atoms with Gasteiger partial charge in [-0.25, -0.2) is 0 Å². The molecule has 0 aromatic rings. The van der Waals surface area contributed by atoms with Crippen LogP contribution in [0, 0.1) is 34.5 Å². The molecule has 3 heteroatoms. The number of aliphatic hydroxyl groups excluding tert-OH is 1. The van der Waals surface area contributed by atoms with Crippen LogP contribution < -0.4 is 5.32 Å². The maximum atomic E-state index is 11.5. The van der Waals surface area contributed by atoms with Crippen LogP contribution >= 0.6 is 0 Å². The molecule has 3 N–H and O–H groups in total. The second kappa shape index (κ2) is 6.49. The van der Waals surface area contributed by atoms with Gasteiger partial charge in [0.1, 0.15) is 0 Å². The van der Waals surface area contributed by atoms with E-state index in [1.54, 1.807) is 0 Å². The van der Waals surface area contributed by atoms with Crippen LogP contribution in [0.25, 0.3) is 0 Å². The van der Waals surface area contributed by atoms with Gasteiger partial charge in [-0.1, -0.05) is 26.7 Å². The van der Waals surface area contributed by atoms with Gasteiger partial charge in [0.05, 0.1) is 12.2 Å². The molecule has 0 aliphatic heterocycles. The van der Waals surface area contributed by atoms with E-state index < -0.39 is 5.60 Å². The minimum Gasteiger partial charge on any atom is -0.395 e. The minimum atomic E-state index is -0.581. The average molecular weight is 350 g/mol. The van der Waals surface area contributed by atoms with Gasteiger partial charge in [0.2, 0.25) is 0 Å². The summed E-state index contributed by atoms with van der Waals surface area (Å²) >= 11 is 0. The standard InChI is InChI=1S/C22H39NO2/c1-20-10-4-3-5-16(20)6-7-17-18(20)8-11-21(2)19(17)9-12-22(21,25)15-23-13-14-24/h16-19,23-25H,3-15H2,1-2H3/t16-,17-,18-,19+,20+,21+,22-/m1/s1. The fourth-order valence-electron chi connectivity index (χ4n) is 8.07. The summed E-state index contributed by atoms with van der Waals surface area (Å²) in [6, 6.07) is 0. The van der Waals surface area contributed by atoms with Gasteiger partial charge >= 0.3 is 0 Å².